The molecular formula is C19H35NO3. The standard InChI is InChI=1S/C19H35NO3/c1-21-12-10-19(8-4-3-5-9-19)15-20-11-13-23-18-7-6-16(22-2)14-17(18)20/h16-18H,3-15H2,1-2H3. The van der Waals surface area contributed by atoms with Crippen molar-refractivity contribution >= 4 is 0 Å². The third-order valence-corrected chi connectivity index (χ3v) is 6.51. The minimum absolute atomic E-state index is 0.418. The normalized spacial score (nSPS) is 35.0. The van der Waals surface area contributed by atoms with Gasteiger partial charge in [0.05, 0.1) is 18.8 Å². The fraction of sp³-hybridized carbons (Fsp3) is 1.00. The fourth-order valence-corrected chi connectivity index (χ4v) is 5.10. The topological polar surface area (TPSA) is 30.9 Å². The minimum atomic E-state index is 0.418. The molecule has 0 aromatic carbocycles. The van der Waals surface area contributed by atoms with Crippen molar-refractivity contribution in [2.45, 2.75) is 76.0 Å². The van der Waals surface area contributed by atoms with E-state index in [1.807, 2.05) is 14.2 Å². The summed E-state index contributed by atoms with van der Waals surface area (Å²) in [6, 6.07) is 0.559. The van der Waals surface area contributed by atoms with E-state index in [9.17, 15) is 0 Å². The summed E-state index contributed by atoms with van der Waals surface area (Å²) in [5.41, 5.74) is 0.468. The van der Waals surface area contributed by atoms with Crippen LogP contribution >= 0.6 is 0 Å². The third kappa shape index (κ3) is 4.28. The van der Waals surface area contributed by atoms with E-state index in [4.69, 9.17) is 14.2 Å². The number of rotatable bonds is 6. The Hall–Kier alpha value is -0.160. The van der Waals surface area contributed by atoms with E-state index >= 15 is 0 Å². The Morgan fingerprint density at radius 3 is 2.70 bits per heavy atom. The predicted molar refractivity (Wildman–Crippen MR) is 91.8 cm³/mol. The lowest BCUT2D eigenvalue weighted by atomic mass is 9.71. The van der Waals surface area contributed by atoms with Crippen LogP contribution in [0.4, 0.5) is 0 Å². The zero-order valence-corrected chi connectivity index (χ0v) is 15.1. The maximum Gasteiger partial charge on any atom is 0.0732 e. The molecule has 3 rings (SSSR count). The molecule has 0 bridgehead atoms. The van der Waals surface area contributed by atoms with Gasteiger partial charge in [0.25, 0.3) is 0 Å². The quantitative estimate of drug-likeness (QED) is 0.750. The molecule has 0 amide bonds. The van der Waals surface area contributed by atoms with Gasteiger partial charge in [0, 0.05) is 40.0 Å². The molecule has 0 spiro atoms. The summed E-state index contributed by atoms with van der Waals surface area (Å²) < 4.78 is 17.2. The van der Waals surface area contributed by atoms with Gasteiger partial charge in [-0.25, -0.2) is 0 Å². The molecule has 0 aromatic heterocycles. The molecule has 0 radical (unpaired) electrons. The SMILES string of the molecule is COCCC1(CN2CCOC3CCC(OC)CC32)CCCCC1. The predicted octanol–water partition coefficient (Wildman–Crippen LogP) is 3.24. The van der Waals surface area contributed by atoms with Crippen molar-refractivity contribution in [1.82, 2.24) is 4.90 Å². The van der Waals surface area contributed by atoms with Crippen LogP contribution in [0, 0.1) is 5.41 Å². The molecule has 0 N–H and O–H groups in total. The molecule has 2 saturated carbocycles. The first-order valence-corrected chi connectivity index (χ1v) is 9.64. The van der Waals surface area contributed by atoms with Crippen LogP contribution in [0.2, 0.25) is 0 Å². The first kappa shape index (κ1) is 17.7. The highest BCUT2D eigenvalue weighted by molar-refractivity contribution is 4.95. The molecule has 4 heteroatoms. The molecule has 3 fully saturated rings. The van der Waals surface area contributed by atoms with Crippen LogP contribution in [0.3, 0.4) is 0 Å². The Labute approximate surface area is 141 Å². The van der Waals surface area contributed by atoms with Crippen molar-refractivity contribution in [2.24, 2.45) is 5.41 Å². The molecule has 4 nitrogen and oxygen atoms in total. The van der Waals surface area contributed by atoms with Crippen LogP contribution in [0.25, 0.3) is 0 Å². The smallest absolute Gasteiger partial charge is 0.0732 e. The average molecular weight is 325 g/mol. The Kier molecular flexibility index (Phi) is 6.36. The summed E-state index contributed by atoms with van der Waals surface area (Å²) in [6.07, 6.45) is 12.5. The second-order valence-corrected chi connectivity index (χ2v) is 7.92. The number of hydrogen-bond acceptors (Lipinski definition) is 4. The van der Waals surface area contributed by atoms with Gasteiger partial charge in [-0.3, -0.25) is 4.90 Å². The molecule has 1 aliphatic heterocycles. The van der Waals surface area contributed by atoms with E-state index in [1.54, 1.807) is 0 Å². The third-order valence-electron chi connectivity index (χ3n) is 6.51. The Morgan fingerprint density at radius 2 is 1.96 bits per heavy atom. The van der Waals surface area contributed by atoms with Gasteiger partial charge in [0.2, 0.25) is 0 Å². The second-order valence-electron chi connectivity index (χ2n) is 7.92. The highest BCUT2D eigenvalue weighted by Gasteiger charge is 2.42. The molecule has 3 unspecified atom stereocenters. The number of fused-ring (bicyclic) bond motifs is 1. The van der Waals surface area contributed by atoms with Gasteiger partial charge in [0.15, 0.2) is 0 Å². The van der Waals surface area contributed by atoms with E-state index in [0.29, 0.717) is 23.7 Å². The number of methoxy groups -OCH3 is 2. The molecule has 0 aromatic rings. The zero-order chi connectivity index (χ0) is 16.1. The lowest BCUT2D eigenvalue weighted by Crippen LogP contribution is -2.57. The van der Waals surface area contributed by atoms with Crippen LogP contribution in [-0.2, 0) is 14.2 Å². The number of nitrogens with zero attached hydrogens (tertiary/aromatic N) is 1. The van der Waals surface area contributed by atoms with E-state index in [0.717, 1.165) is 39.0 Å². The largest absolute Gasteiger partial charge is 0.385 e. The van der Waals surface area contributed by atoms with Crippen LogP contribution in [-0.4, -0.2) is 63.7 Å². The highest BCUT2D eigenvalue weighted by Crippen LogP contribution is 2.42. The fourth-order valence-electron chi connectivity index (χ4n) is 5.10. The van der Waals surface area contributed by atoms with Crippen molar-refractivity contribution in [1.29, 1.82) is 0 Å². The average Bonchev–Trinajstić information content (AvgIpc) is 2.61. The van der Waals surface area contributed by atoms with Crippen LogP contribution in [0.5, 0.6) is 0 Å². The molecule has 134 valence electrons. The van der Waals surface area contributed by atoms with Crippen LogP contribution in [0.1, 0.15) is 57.8 Å². The maximum atomic E-state index is 6.09. The Bertz CT molecular complexity index is 357. The summed E-state index contributed by atoms with van der Waals surface area (Å²) in [5.74, 6) is 0. The van der Waals surface area contributed by atoms with E-state index in [-0.39, 0.29) is 0 Å². The zero-order valence-electron chi connectivity index (χ0n) is 15.1. The van der Waals surface area contributed by atoms with Crippen molar-refractivity contribution in [3.8, 4) is 0 Å². The van der Waals surface area contributed by atoms with E-state index < -0.39 is 0 Å². The molecule has 2 aliphatic carbocycles. The lowest BCUT2D eigenvalue weighted by Gasteiger charge is -2.50. The summed E-state index contributed by atoms with van der Waals surface area (Å²) in [7, 11) is 3.70. The summed E-state index contributed by atoms with van der Waals surface area (Å²) >= 11 is 0. The van der Waals surface area contributed by atoms with Crippen molar-refractivity contribution in [2.75, 3.05) is 40.5 Å². The molecule has 3 atom stereocenters. The molecule has 23 heavy (non-hydrogen) atoms. The van der Waals surface area contributed by atoms with Crippen molar-refractivity contribution in [3.63, 3.8) is 0 Å². The van der Waals surface area contributed by atoms with Crippen molar-refractivity contribution < 1.29 is 14.2 Å². The minimum Gasteiger partial charge on any atom is -0.385 e. The maximum absolute atomic E-state index is 6.09. The molecule has 1 saturated heterocycles. The van der Waals surface area contributed by atoms with Gasteiger partial charge in [-0.15, -0.1) is 0 Å². The first-order chi connectivity index (χ1) is 11.3. The van der Waals surface area contributed by atoms with Crippen LogP contribution < -0.4 is 0 Å². The molecular weight excluding hydrogens is 290 g/mol. The van der Waals surface area contributed by atoms with Gasteiger partial charge >= 0.3 is 0 Å². The van der Waals surface area contributed by atoms with Gasteiger partial charge in [-0.1, -0.05) is 19.3 Å². The van der Waals surface area contributed by atoms with Gasteiger partial charge < -0.3 is 14.2 Å². The summed E-state index contributed by atoms with van der Waals surface area (Å²) in [4.78, 5) is 2.75. The van der Waals surface area contributed by atoms with Gasteiger partial charge in [-0.05, 0) is 43.9 Å². The van der Waals surface area contributed by atoms with E-state index in [2.05, 4.69) is 4.90 Å². The van der Waals surface area contributed by atoms with Crippen molar-refractivity contribution in [3.05, 3.63) is 0 Å². The number of hydrogen-bond donors (Lipinski definition) is 0. The second kappa shape index (κ2) is 8.28. The number of ether oxygens (including phenoxy) is 3. The Balaban J connectivity index is 1.67. The Morgan fingerprint density at radius 1 is 1.13 bits per heavy atom. The van der Waals surface area contributed by atoms with Crippen LogP contribution in [0.15, 0.2) is 0 Å². The monoisotopic (exact) mass is 325 g/mol. The number of morpholine rings is 1. The molecule has 1 heterocycles. The summed E-state index contributed by atoms with van der Waals surface area (Å²) in [6.45, 7) is 4.13. The summed E-state index contributed by atoms with van der Waals surface area (Å²) in [5, 5.41) is 0. The van der Waals surface area contributed by atoms with E-state index in [1.165, 1.54) is 45.1 Å². The van der Waals surface area contributed by atoms with Gasteiger partial charge in [0.1, 0.15) is 0 Å². The highest BCUT2D eigenvalue weighted by atomic mass is 16.5. The van der Waals surface area contributed by atoms with Gasteiger partial charge in [-0.2, -0.15) is 0 Å². The first-order valence-electron chi connectivity index (χ1n) is 9.64. The lowest BCUT2D eigenvalue weighted by molar-refractivity contribution is -0.125. The molecule has 3 aliphatic rings.